The van der Waals surface area contributed by atoms with Crippen molar-refractivity contribution in [2.75, 3.05) is 0 Å². The normalized spacial score (nSPS) is 13.5. The third kappa shape index (κ3) is 6.37. The molecular weight excluding hydrogens is 761 g/mol. The van der Waals surface area contributed by atoms with E-state index in [0.29, 0.717) is 5.56 Å². The van der Waals surface area contributed by atoms with Gasteiger partial charge in [0.2, 0.25) is 0 Å². The second kappa shape index (κ2) is 12.1. The number of rotatable bonds is 6. The molecule has 20 heteroatoms. The van der Waals surface area contributed by atoms with Gasteiger partial charge in [0, 0.05) is 22.2 Å². The Morgan fingerprint density at radius 1 is 0.462 bits per heavy atom. The van der Waals surface area contributed by atoms with Crippen molar-refractivity contribution in [1.82, 2.24) is 19.9 Å². The summed E-state index contributed by atoms with van der Waals surface area (Å²) in [4.78, 5) is 11.0. The molecule has 0 fully saturated rings. The lowest BCUT2D eigenvalue weighted by atomic mass is 9.96. The minimum atomic E-state index is -5.27. The summed E-state index contributed by atoms with van der Waals surface area (Å²) < 4.78 is 142. The SMILES string of the molecule is O=S(=O)(O)c1ccc(-c2c(-c3ccccc3)c3cc4ccc([nH]4)c(S(=O)(=O)O)c4nc(c(S(=O)(=O)O)c5nc(c(S(=O)(=O)O)c2[nH]3)C=C5)C=C4)cc1. The molecule has 0 atom stereocenters. The summed E-state index contributed by atoms with van der Waals surface area (Å²) in [6.07, 6.45) is 4.19. The predicted octanol–water partition coefficient (Wildman–Crippen LogP) is 4.98. The average molecular weight is 783 g/mol. The molecule has 0 spiro atoms. The molecule has 52 heavy (non-hydrogen) atoms. The number of H-pyrrole nitrogens is 2. The Balaban J connectivity index is 1.80. The number of nitrogens with zero attached hydrogens (tertiary/aromatic N) is 2. The Hall–Kier alpha value is -5.32. The summed E-state index contributed by atoms with van der Waals surface area (Å²) in [5, 5.41) is 0. The molecule has 3 aromatic heterocycles. The van der Waals surface area contributed by atoms with Crippen LogP contribution in [0.2, 0.25) is 0 Å². The summed E-state index contributed by atoms with van der Waals surface area (Å²) in [6.45, 7) is 0. The molecule has 0 amide bonds. The maximum absolute atomic E-state index is 13.3. The molecule has 0 aliphatic carbocycles. The van der Waals surface area contributed by atoms with Gasteiger partial charge in [-0.2, -0.15) is 33.7 Å². The fourth-order valence-corrected chi connectivity index (χ4v) is 8.79. The van der Waals surface area contributed by atoms with Crippen molar-refractivity contribution in [3.63, 3.8) is 0 Å². The van der Waals surface area contributed by atoms with Gasteiger partial charge in [-0.05, 0) is 65.8 Å². The molecule has 2 aliphatic rings. The lowest BCUT2D eigenvalue weighted by molar-refractivity contribution is 0.480. The Bertz CT molecular complexity index is 3040. The predicted molar refractivity (Wildman–Crippen MR) is 189 cm³/mol. The quantitative estimate of drug-likeness (QED) is 0.122. The van der Waals surface area contributed by atoms with Gasteiger partial charge in [-0.15, -0.1) is 0 Å². The first-order chi connectivity index (χ1) is 24.3. The summed E-state index contributed by atoms with van der Waals surface area (Å²) in [5.41, 5.74) is -1.12. The Kier molecular flexibility index (Phi) is 8.19. The van der Waals surface area contributed by atoms with E-state index in [0.717, 1.165) is 36.4 Å². The van der Waals surface area contributed by atoms with E-state index in [-0.39, 0.29) is 38.8 Å². The first-order valence-corrected chi connectivity index (χ1v) is 20.3. The summed E-state index contributed by atoms with van der Waals surface area (Å²) in [7, 11) is -20.2. The van der Waals surface area contributed by atoms with E-state index in [2.05, 4.69) is 19.9 Å². The van der Waals surface area contributed by atoms with E-state index in [9.17, 15) is 51.9 Å². The van der Waals surface area contributed by atoms with Crippen LogP contribution in [0.5, 0.6) is 0 Å². The Morgan fingerprint density at radius 2 is 0.962 bits per heavy atom. The van der Waals surface area contributed by atoms with Crippen LogP contribution in [0, 0.1) is 0 Å². The molecule has 5 heterocycles. The zero-order valence-corrected chi connectivity index (χ0v) is 29.1. The number of benzene rings is 2. The van der Waals surface area contributed by atoms with Gasteiger partial charge in [0.15, 0.2) is 0 Å². The largest absolute Gasteiger partial charge is 0.354 e. The monoisotopic (exact) mass is 782 g/mol. The molecule has 0 saturated heterocycles. The first-order valence-electron chi connectivity index (χ1n) is 14.6. The molecule has 2 aliphatic heterocycles. The van der Waals surface area contributed by atoms with Crippen molar-refractivity contribution in [1.29, 1.82) is 0 Å². The molecule has 0 unspecified atom stereocenters. The Labute approximate surface area is 294 Å². The lowest BCUT2D eigenvalue weighted by Crippen LogP contribution is -2.05. The fourth-order valence-electron chi connectivity index (χ4n) is 5.99. The summed E-state index contributed by atoms with van der Waals surface area (Å²) in [5.74, 6) is 0. The van der Waals surface area contributed by atoms with E-state index in [4.69, 9.17) is 0 Å². The van der Waals surface area contributed by atoms with Crippen molar-refractivity contribution in [2.45, 2.75) is 19.6 Å². The van der Waals surface area contributed by atoms with Gasteiger partial charge in [0.1, 0.15) is 14.7 Å². The maximum atomic E-state index is 13.3. The first kappa shape index (κ1) is 35.1. The molecule has 266 valence electrons. The van der Waals surface area contributed by atoms with E-state index in [1.807, 2.05) is 0 Å². The topological polar surface area (TPSA) is 275 Å². The molecule has 5 aromatic rings. The van der Waals surface area contributed by atoms with Gasteiger partial charge in [0.25, 0.3) is 40.5 Å². The fraction of sp³-hybridized carbons (Fsp3) is 0. The minimum absolute atomic E-state index is 0.0682. The second-order valence-electron chi connectivity index (χ2n) is 11.3. The second-order valence-corrected chi connectivity index (χ2v) is 16.8. The Morgan fingerprint density at radius 3 is 1.48 bits per heavy atom. The van der Waals surface area contributed by atoms with Crippen LogP contribution in [0.4, 0.5) is 0 Å². The summed E-state index contributed by atoms with van der Waals surface area (Å²) >= 11 is 0. The van der Waals surface area contributed by atoms with Gasteiger partial charge >= 0.3 is 0 Å². The van der Waals surface area contributed by atoms with Crippen molar-refractivity contribution in [3.05, 3.63) is 95.6 Å². The van der Waals surface area contributed by atoms with Crippen LogP contribution in [0.3, 0.4) is 0 Å². The number of fused-ring (bicyclic) bond motifs is 8. The molecule has 6 N–H and O–H groups in total. The van der Waals surface area contributed by atoms with E-state index < -0.39 is 82.8 Å². The van der Waals surface area contributed by atoms with E-state index in [1.165, 1.54) is 30.3 Å². The molecule has 0 saturated carbocycles. The van der Waals surface area contributed by atoms with Crippen LogP contribution in [-0.2, 0) is 40.5 Å². The van der Waals surface area contributed by atoms with Crippen LogP contribution in [0.25, 0.3) is 68.6 Å². The van der Waals surface area contributed by atoms with Crippen molar-refractivity contribution in [2.24, 2.45) is 0 Å². The van der Waals surface area contributed by atoms with Gasteiger partial charge in [-0.3, -0.25) is 18.2 Å². The molecule has 8 bridgehead atoms. The lowest BCUT2D eigenvalue weighted by Gasteiger charge is -2.09. The van der Waals surface area contributed by atoms with Crippen molar-refractivity contribution < 1.29 is 51.9 Å². The van der Waals surface area contributed by atoms with Crippen LogP contribution >= 0.6 is 0 Å². The highest BCUT2D eigenvalue weighted by Gasteiger charge is 2.29. The third-order valence-electron chi connectivity index (χ3n) is 8.00. The maximum Gasteiger partial charge on any atom is 0.298 e. The van der Waals surface area contributed by atoms with E-state index >= 15 is 0 Å². The zero-order chi connectivity index (χ0) is 37.4. The number of aromatic amines is 2. The van der Waals surface area contributed by atoms with Gasteiger partial charge < -0.3 is 9.97 Å². The third-order valence-corrected chi connectivity index (χ3v) is 11.7. The highest BCUT2D eigenvalue weighted by molar-refractivity contribution is 7.86. The molecule has 7 rings (SSSR count). The molecule has 16 nitrogen and oxygen atoms in total. The van der Waals surface area contributed by atoms with Crippen LogP contribution in [0.1, 0.15) is 22.8 Å². The van der Waals surface area contributed by atoms with Crippen molar-refractivity contribution in [3.8, 4) is 22.3 Å². The molecule has 0 radical (unpaired) electrons. The van der Waals surface area contributed by atoms with Gasteiger partial charge in [-0.25, -0.2) is 9.97 Å². The van der Waals surface area contributed by atoms with Crippen molar-refractivity contribution >= 4 is 86.8 Å². The van der Waals surface area contributed by atoms with E-state index in [1.54, 1.807) is 30.3 Å². The van der Waals surface area contributed by atoms with Crippen LogP contribution in [0.15, 0.2) is 92.4 Å². The van der Waals surface area contributed by atoms with Gasteiger partial charge in [0.05, 0.1) is 38.7 Å². The average Bonchev–Trinajstić information content (AvgIpc) is 3.85. The smallest absolute Gasteiger partial charge is 0.298 e. The number of aromatic nitrogens is 4. The van der Waals surface area contributed by atoms with Crippen LogP contribution < -0.4 is 0 Å². The zero-order valence-electron chi connectivity index (χ0n) is 25.8. The molecule has 2 aromatic carbocycles. The number of hydrogen-bond acceptors (Lipinski definition) is 10. The standard InChI is InChI=1S/C32H22N4O12S4/c37-49(38,39)20-9-6-18(7-10-20)28-27(17-4-2-1-3-5-17)26-16-19-8-11-21(33-19)30(50(40,41)42)22-12-13-23(34-22)31(51(43,44)45)24-14-15-25(35-24)32(29(28)36-26)52(46,47)48/h1-16,33,36H,(H,37,38,39)(H,40,41,42)(H,43,44,45)(H,46,47,48). The minimum Gasteiger partial charge on any atom is -0.354 e. The highest BCUT2D eigenvalue weighted by atomic mass is 32.2. The molecular formula is C32H22N4O12S4. The van der Waals surface area contributed by atoms with Gasteiger partial charge in [-0.1, -0.05) is 42.5 Å². The number of hydrogen-bond donors (Lipinski definition) is 6. The van der Waals surface area contributed by atoms with Crippen LogP contribution in [-0.4, -0.2) is 71.8 Å². The summed E-state index contributed by atoms with van der Waals surface area (Å²) in [6, 6.07) is 17.3. The highest BCUT2D eigenvalue weighted by Crippen LogP contribution is 2.43. The number of nitrogens with one attached hydrogen (secondary N) is 2.